The molecule has 0 fully saturated rings. The number of hydrogen-bond donors (Lipinski definition) is 1. The van der Waals surface area contributed by atoms with Crippen molar-refractivity contribution in [2.24, 2.45) is 5.92 Å². The quantitative estimate of drug-likeness (QED) is 0.813. The Balaban J connectivity index is 2.86. The molecule has 1 rings (SSSR count). The second-order valence-electron chi connectivity index (χ2n) is 3.59. The van der Waals surface area contributed by atoms with Crippen molar-refractivity contribution < 1.29 is 4.21 Å². The third-order valence-electron chi connectivity index (χ3n) is 1.72. The van der Waals surface area contributed by atoms with Gasteiger partial charge < -0.3 is 5.73 Å². The fraction of sp³-hybridized carbons (Fsp3) is 0.400. The normalized spacial score (nSPS) is 13.1. The second kappa shape index (κ2) is 4.80. The Morgan fingerprint density at radius 3 is 2.64 bits per heavy atom. The monoisotopic (exact) mass is 231 g/mol. The molecule has 0 amide bonds. The molecular weight excluding hydrogens is 218 g/mol. The number of hydrogen-bond acceptors (Lipinski definition) is 2. The zero-order valence-corrected chi connectivity index (χ0v) is 9.86. The largest absolute Gasteiger partial charge is 0.398 e. The summed E-state index contributed by atoms with van der Waals surface area (Å²) in [5.41, 5.74) is 6.08. The molecule has 0 aliphatic rings. The Labute approximate surface area is 91.9 Å². The Morgan fingerprint density at radius 2 is 2.14 bits per heavy atom. The molecule has 0 bridgehead atoms. The Bertz CT molecular complexity index is 352. The fourth-order valence-electron chi connectivity index (χ4n) is 1.05. The number of nitrogen functional groups attached to an aromatic ring is 1. The summed E-state index contributed by atoms with van der Waals surface area (Å²) in [6, 6.07) is 5.13. The van der Waals surface area contributed by atoms with Gasteiger partial charge in [-0.2, -0.15) is 0 Å². The van der Waals surface area contributed by atoms with Crippen molar-refractivity contribution in [3.63, 3.8) is 0 Å². The number of halogens is 1. The zero-order valence-electron chi connectivity index (χ0n) is 8.29. The molecule has 1 aromatic rings. The van der Waals surface area contributed by atoms with Gasteiger partial charge in [0, 0.05) is 10.6 Å². The molecular formula is C10H14ClNOS. The van der Waals surface area contributed by atoms with E-state index in [1.165, 1.54) is 0 Å². The lowest BCUT2D eigenvalue weighted by atomic mass is 10.3. The standard InChI is InChI=1S/C10H14ClNOS/c1-7(2)6-14(13)8-3-4-10(12)9(11)5-8/h3-5,7H,6,12H2,1-2H3. The third-order valence-corrected chi connectivity index (χ3v) is 3.80. The van der Waals surface area contributed by atoms with E-state index in [-0.39, 0.29) is 0 Å². The highest BCUT2D eigenvalue weighted by molar-refractivity contribution is 7.85. The van der Waals surface area contributed by atoms with Gasteiger partial charge in [0.05, 0.1) is 21.5 Å². The summed E-state index contributed by atoms with van der Waals surface area (Å²) < 4.78 is 11.7. The van der Waals surface area contributed by atoms with Crippen LogP contribution in [0.1, 0.15) is 13.8 Å². The first kappa shape index (κ1) is 11.5. The van der Waals surface area contributed by atoms with Crippen molar-refractivity contribution >= 4 is 28.1 Å². The van der Waals surface area contributed by atoms with Crippen molar-refractivity contribution in [2.75, 3.05) is 11.5 Å². The number of anilines is 1. The maximum atomic E-state index is 11.7. The Hall–Kier alpha value is -0.540. The highest BCUT2D eigenvalue weighted by Crippen LogP contribution is 2.22. The maximum Gasteiger partial charge on any atom is 0.0647 e. The van der Waals surface area contributed by atoms with E-state index in [9.17, 15) is 4.21 Å². The van der Waals surface area contributed by atoms with Crippen LogP contribution < -0.4 is 5.73 Å². The van der Waals surface area contributed by atoms with E-state index in [4.69, 9.17) is 17.3 Å². The van der Waals surface area contributed by atoms with Crippen LogP contribution in [0.2, 0.25) is 5.02 Å². The van der Waals surface area contributed by atoms with Gasteiger partial charge in [0.2, 0.25) is 0 Å². The average molecular weight is 232 g/mol. The van der Waals surface area contributed by atoms with E-state index >= 15 is 0 Å². The van der Waals surface area contributed by atoms with Gasteiger partial charge in [-0.1, -0.05) is 25.4 Å². The molecule has 0 spiro atoms. The first-order valence-electron chi connectivity index (χ1n) is 4.44. The van der Waals surface area contributed by atoms with Crippen molar-refractivity contribution in [1.29, 1.82) is 0 Å². The molecule has 0 aliphatic heterocycles. The molecule has 2 nitrogen and oxygen atoms in total. The summed E-state index contributed by atoms with van der Waals surface area (Å²) in [6.07, 6.45) is 0. The van der Waals surface area contributed by atoms with Crippen LogP contribution in [0.5, 0.6) is 0 Å². The first-order chi connectivity index (χ1) is 6.50. The molecule has 78 valence electrons. The summed E-state index contributed by atoms with van der Waals surface area (Å²) >= 11 is 5.84. The predicted octanol–water partition coefficient (Wildman–Crippen LogP) is 2.69. The summed E-state index contributed by atoms with van der Waals surface area (Å²) in [6.45, 7) is 4.08. The van der Waals surface area contributed by atoms with Crippen LogP contribution in [-0.4, -0.2) is 9.96 Å². The number of nitrogens with two attached hydrogens (primary N) is 1. The van der Waals surface area contributed by atoms with Crippen molar-refractivity contribution in [1.82, 2.24) is 0 Å². The third kappa shape index (κ3) is 3.00. The zero-order chi connectivity index (χ0) is 10.7. The lowest BCUT2D eigenvalue weighted by Crippen LogP contribution is -2.04. The molecule has 1 atom stereocenters. The maximum absolute atomic E-state index is 11.7. The summed E-state index contributed by atoms with van der Waals surface area (Å²) in [5.74, 6) is 1.06. The molecule has 0 aromatic heterocycles. The van der Waals surface area contributed by atoms with Crippen LogP contribution in [0.3, 0.4) is 0 Å². The number of benzene rings is 1. The van der Waals surface area contributed by atoms with E-state index in [1.54, 1.807) is 18.2 Å². The van der Waals surface area contributed by atoms with E-state index in [1.807, 2.05) is 13.8 Å². The van der Waals surface area contributed by atoms with Gasteiger partial charge in [-0.25, -0.2) is 0 Å². The second-order valence-corrected chi connectivity index (χ2v) is 5.49. The van der Waals surface area contributed by atoms with Crippen molar-refractivity contribution in [3.8, 4) is 0 Å². The minimum atomic E-state index is -0.972. The van der Waals surface area contributed by atoms with Crippen LogP contribution in [0, 0.1) is 5.92 Å². The lowest BCUT2D eigenvalue weighted by molar-refractivity contribution is 0.665. The van der Waals surface area contributed by atoms with E-state index in [0.717, 1.165) is 4.90 Å². The van der Waals surface area contributed by atoms with Gasteiger partial charge in [-0.15, -0.1) is 0 Å². The van der Waals surface area contributed by atoms with Crippen LogP contribution in [0.25, 0.3) is 0 Å². The Morgan fingerprint density at radius 1 is 1.50 bits per heavy atom. The van der Waals surface area contributed by atoms with Crippen molar-refractivity contribution in [3.05, 3.63) is 23.2 Å². The molecule has 1 unspecified atom stereocenters. The molecule has 1 aromatic carbocycles. The molecule has 4 heteroatoms. The van der Waals surface area contributed by atoms with Gasteiger partial charge in [0.15, 0.2) is 0 Å². The van der Waals surface area contributed by atoms with Crippen LogP contribution in [0.4, 0.5) is 5.69 Å². The summed E-state index contributed by atoms with van der Waals surface area (Å²) in [4.78, 5) is 0.748. The van der Waals surface area contributed by atoms with Crippen LogP contribution in [-0.2, 0) is 10.8 Å². The van der Waals surface area contributed by atoms with Crippen molar-refractivity contribution in [2.45, 2.75) is 18.7 Å². The van der Waals surface area contributed by atoms with Gasteiger partial charge in [-0.3, -0.25) is 4.21 Å². The Kier molecular flexibility index (Phi) is 3.96. The topological polar surface area (TPSA) is 43.1 Å². The number of rotatable bonds is 3. The fourth-order valence-corrected chi connectivity index (χ4v) is 2.56. The first-order valence-corrected chi connectivity index (χ1v) is 6.14. The highest BCUT2D eigenvalue weighted by Gasteiger charge is 2.07. The average Bonchev–Trinajstić information content (AvgIpc) is 2.08. The van der Waals surface area contributed by atoms with Gasteiger partial charge in [-0.05, 0) is 24.1 Å². The molecule has 2 N–H and O–H groups in total. The van der Waals surface area contributed by atoms with E-state index in [0.29, 0.717) is 22.4 Å². The highest BCUT2D eigenvalue weighted by atomic mass is 35.5. The van der Waals surface area contributed by atoms with Gasteiger partial charge in [0.25, 0.3) is 0 Å². The van der Waals surface area contributed by atoms with Gasteiger partial charge >= 0.3 is 0 Å². The van der Waals surface area contributed by atoms with Gasteiger partial charge in [0.1, 0.15) is 0 Å². The lowest BCUT2D eigenvalue weighted by Gasteiger charge is -2.06. The smallest absolute Gasteiger partial charge is 0.0647 e. The van der Waals surface area contributed by atoms with E-state index in [2.05, 4.69) is 0 Å². The molecule has 0 heterocycles. The predicted molar refractivity (Wildman–Crippen MR) is 62.0 cm³/mol. The summed E-state index contributed by atoms with van der Waals surface area (Å²) in [7, 11) is -0.972. The molecule has 14 heavy (non-hydrogen) atoms. The van der Waals surface area contributed by atoms with Crippen LogP contribution in [0.15, 0.2) is 23.1 Å². The van der Waals surface area contributed by atoms with E-state index < -0.39 is 10.8 Å². The molecule has 0 radical (unpaired) electrons. The SMILES string of the molecule is CC(C)CS(=O)c1ccc(N)c(Cl)c1. The summed E-state index contributed by atoms with van der Waals surface area (Å²) in [5, 5.41) is 0.472. The molecule has 0 saturated carbocycles. The minimum Gasteiger partial charge on any atom is -0.398 e. The molecule has 0 saturated heterocycles. The van der Waals surface area contributed by atoms with Crippen LogP contribution >= 0.6 is 11.6 Å². The minimum absolute atomic E-state index is 0.409. The molecule has 0 aliphatic carbocycles.